The highest BCUT2D eigenvalue weighted by molar-refractivity contribution is 6.03. The van der Waals surface area contributed by atoms with Crippen LogP contribution in [0.2, 0.25) is 0 Å². The third-order valence-corrected chi connectivity index (χ3v) is 6.92. The molecule has 0 aliphatic heterocycles. The number of nitrogens with zero attached hydrogens (tertiary/aromatic N) is 1. The molecule has 0 radical (unpaired) electrons. The molecule has 2 aliphatic carbocycles. The summed E-state index contributed by atoms with van der Waals surface area (Å²) < 4.78 is 5.56. The van der Waals surface area contributed by atoms with Crippen molar-refractivity contribution in [3.8, 4) is 11.1 Å². The summed E-state index contributed by atoms with van der Waals surface area (Å²) in [5.41, 5.74) is 5.09. The van der Waals surface area contributed by atoms with E-state index >= 15 is 0 Å². The van der Waals surface area contributed by atoms with Crippen LogP contribution in [0.5, 0.6) is 0 Å². The van der Waals surface area contributed by atoms with E-state index < -0.39 is 12.1 Å². The molecule has 2 aliphatic rings. The first-order valence-corrected chi connectivity index (χ1v) is 11.6. The van der Waals surface area contributed by atoms with E-state index in [-0.39, 0.29) is 35.8 Å². The summed E-state index contributed by atoms with van der Waals surface area (Å²) in [6.07, 6.45) is 0.136. The molecule has 0 heterocycles. The molecule has 2 atom stereocenters. The molecule has 2 amide bonds. The highest BCUT2D eigenvalue weighted by Gasteiger charge is 2.45. The second-order valence-electron chi connectivity index (χ2n) is 9.03. The monoisotopic (exact) mass is 470 g/mol. The largest absolute Gasteiger partial charge is 0.478 e. The Kier molecular flexibility index (Phi) is 5.99. The molecule has 35 heavy (non-hydrogen) atoms. The Labute approximate surface area is 203 Å². The molecule has 3 aromatic rings. The molecule has 7 heteroatoms. The number of hydrogen-bond acceptors (Lipinski definition) is 4. The Morgan fingerprint density at radius 2 is 1.54 bits per heavy atom. The summed E-state index contributed by atoms with van der Waals surface area (Å²) in [5, 5.41) is 12.2. The first kappa shape index (κ1) is 22.7. The molecular formula is C28H26N2O5. The summed E-state index contributed by atoms with van der Waals surface area (Å²) >= 11 is 0. The number of hydrogen-bond donors (Lipinski definition) is 2. The van der Waals surface area contributed by atoms with Crippen LogP contribution in [0.3, 0.4) is 0 Å². The maximum absolute atomic E-state index is 12.9. The van der Waals surface area contributed by atoms with Crippen LogP contribution >= 0.6 is 0 Å². The summed E-state index contributed by atoms with van der Waals surface area (Å²) in [6, 6.07) is 22.8. The summed E-state index contributed by atoms with van der Waals surface area (Å²) in [4.78, 5) is 38.1. The summed E-state index contributed by atoms with van der Waals surface area (Å²) in [5.74, 6) is -1.49. The van der Waals surface area contributed by atoms with Gasteiger partial charge in [-0.1, -0.05) is 60.7 Å². The van der Waals surface area contributed by atoms with Gasteiger partial charge in [0.1, 0.15) is 6.61 Å². The first-order chi connectivity index (χ1) is 17.0. The van der Waals surface area contributed by atoms with Crippen molar-refractivity contribution in [2.45, 2.75) is 12.3 Å². The molecule has 1 fully saturated rings. The Balaban J connectivity index is 1.14. The van der Waals surface area contributed by atoms with Crippen molar-refractivity contribution in [1.82, 2.24) is 5.32 Å². The zero-order valence-electron chi connectivity index (χ0n) is 19.3. The van der Waals surface area contributed by atoms with Gasteiger partial charge in [0.2, 0.25) is 5.91 Å². The van der Waals surface area contributed by atoms with E-state index in [9.17, 15) is 19.5 Å². The third-order valence-electron chi connectivity index (χ3n) is 6.92. The minimum Gasteiger partial charge on any atom is -0.478 e. The summed E-state index contributed by atoms with van der Waals surface area (Å²) in [7, 11) is 1.58. The molecule has 0 bridgehead atoms. The van der Waals surface area contributed by atoms with Crippen LogP contribution in [-0.4, -0.2) is 43.3 Å². The molecule has 7 nitrogen and oxygen atoms in total. The number of aromatic carboxylic acids is 1. The average molecular weight is 471 g/mol. The lowest BCUT2D eigenvalue weighted by atomic mass is 9.98. The molecule has 0 saturated heterocycles. The number of ether oxygens (including phenoxy) is 1. The Bertz CT molecular complexity index is 1260. The Hall–Kier alpha value is -4.13. The van der Waals surface area contributed by atoms with Crippen LogP contribution < -0.4 is 10.2 Å². The van der Waals surface area contributed by atoms with Gasteiger partial charge in [-0.2, -0.15) is 0 Å². The van der Waals surface area contributed by atoms with Crippen molar-refractivity contribution >= 4 is 23.7 Å². The zero-order chi connectivity index (χ0) is 24.5. The second kappa shape index (κ2) is 9.25. The van der Waals surface area contributed by atoms with E-state index in [1.54, 1.807) is 25.2 Å². The number of alkyl carbamates (subject to hydrolysis) is 1. The van der Waals surface area contributed by atoms with E-state index in [0.717, 1.165) is 11.1 Å². The molecule has 3 aromatic carbocycles. The predicted molar refractivity (Wildman–Crippen MR) is 131 cm³/mol. The Morgan fingerprint density at radius 3 is 2.20 bits per heavy atom. The van der Waals surface area contributed by atoms with E-state index in [1.807, 2.05) is 24.3 Å². The van der Waals surface area contributed by atoms with E-state index in [1.165, 1.54) is 22.1 Å². The molecule has 5 rings (SSSR count). The minimum atomic E-state index is -1.08. The van der Waals surface area contributed by atoms with Gasteiger partial charge < -0.3 is 20.1 Å². The van der Waals surface area contributed by atoms with Crippen LogP contribution in [0.25, 0.3) is 11.1 Å². The normalized spacial score (nSPS) is 17.7. The molecule has 2 unspecified atom stereocenters. The number of carbonyl (C=O) groups excluding carboxylic acids is 2. The van der Waals surface area contributed by atoms with E-state index in [4.69, 9.17) is 4.74 Å². The SMILES string of the molecule is CN(C(=O)C1CC1CNC(=O)OCC1c2ccccc2-c2ccccc21)c1ccccc1C(=O)O. The number of fused-ring (bicyclic) bond motifs is 3. The van der Waals surface area contributed by atoms with Crippen molar-refractivity contribution in [1.29, 1.82) is 0 Å². The van der Waals surface area contributed by atoms with Gasteiger partial charge in [-0.25, -0.2) is 9.59 Å². The molecule has 1 saturated carbocycles. The number of amides is 2. The van der Waals surface area contributed by atoms with Crippen LogP contribution in [-0.2, 0) is 9.53 Å². The first-order valence-electron chi connectivity index (χ1n) is 11.6. The average Bonchev–Trinajstić information content (AvgIpc) is 3.60. The van der Waals surface area contributed by atoms with Crippen LogP contribution in [0.15, 0.2) is 72.8 Å². The lowest BCUT2D eigenvalue weighted by Gasteiger charge is -2.19. The number of benzene rings is 3. The van der Waals surface area contributed by atoms with Gasteiger partial charge >= 0.3 is 12.1 Å². The smallest absolute Gasteiger partial charge is 0.407 e. The van der Waals surface area contributed by atoms with E-state index in [2.05, 4.69) is 29.6 Å². The molecule has 2 N–H and O–H groups in total. The van der Waals surface area contributed by atoms with Gasteiger partial charge in [-0.3, -0.25) is 4.79 Å². The predicted octanol–water partition coefficient (Wildman–Crippen LogP) is 4.52. The number of rotatable bonds is 7. The van der Waals surface area contributed by atoms with Gasteiger partial charge in [-0.15, -0.1) is 0 Å². The second-order valence-corrected chi connectivity index (χ2v) is 9.03. The third kappa shape index (κ3) is 4.37. The molecule has 0 spiro atoms. The highest BCUT2D eigenvalue weighted by atomic mass is 16.5. The maximum atomic E-state index is 12.9. The molecular weight excluding hydrogens is 444 g/mol. The number of carbonyl (C=O) groups is 3. The van der Waals surface area contributed by atoms with Gasteiger partial charge in [0, 0.05) is 25.4 Å². The van der Waals surface area contributed by atoms with Gasteiger partial charge in [0.25, 0.3) is 0 Å². The number of nitrogens with one attached hydrogen (secondary N) is 1. The number of para-hydroxylation sites is 1. The highest BCUT2D eigenvalue weighted by Crippen LogP contribution is 2.44. The summed E-state index contributed by atoms with van der Waals surface area (Å²) in [6.45, 7) is 0.573. The fourth-order valence-electron chi connectivity index (χ4n) is 4.95. The number of anilines is 1. The van der Waals surface area contributed by atoms with Crippen molar-refractivity contribution in [3.05, 3.63) is 89.5 Å². The fourth-order valence-corrected chi connectivity index (χ4v) is 4.95. The number of carboxylic acid groups (broad SMARTS) is 1. The fraction of sp³-hybridized carbons (Fsp3) is 0.250. The topological polar surface area (TPSA) is 95.9 Å². The molecule has 0 aromatic heterocycles. The van der Waals surface area contributed by atoms with Gasteiger partial charge in [0.05, 0.1) is 11.3 Å². The van der Waals surface area contributed by atoms with E-state index in [0.29, 0.717) is 18.7 Å². The van der Waals surface area contributed by atoms with Crippen molar-refractivity contribution < 1.29 is 24.2 Å². The zero-order valence-corrected chi connectivity index (χ0v) is 19.3. The lowest BCUT2D eigenvalue weighted by Crippen LogP contribution is -2.32. The minimum absolute atomic E-state index is 0.00224. The van der Waals surface area contributed by atoms with Crippen molar-refractivity contribution in [2.75, 3.05) is 25.1 Å². The quantitative estimate of drug-likeness (QED) is 0.529. The number of carboxylic acids is 1. The maximum Gasteiger partial charge on any atom is 0.407 e. The van der Waals surface area contributed by atoms with Crippen molar-refractivity contribution in [2.24, 2.45) is 11.8 Å². The van der Waals surface area contributed by atoms with Crippen LogP contribution in [0, 0.1) is 11.8 Å². The lowest BCUT2D eigenvalue weighted by molar-refractivity contribution is -0.119. The van der Waals surface area contributed by atoms with Crippen LogP contribution in [0.1, 0.15) is 33.8 Å². The van der Waals surface area contributed by atoms with Crippen LogP contribution in [0.4, 0.5) is 10.5 Å². The van der Waals surface area contributed by atoms with Gasteiger partial charge in [0.15, 0.2) is 0 Å². The Morgan fingerprint density at radius 1 is 0.943 bits per heavy atom. The molecule has 178 valence electrons. The van der Waals surface area contributed by atoms with Crippen molar-refractivity contribution in [3.63, 3.8) is 0 Å². The van der Waals surface area contributed by atoms with Gasteiger partial charge in [-0.05, 0) is 46.7 Å². The standard InChI is InChI=1S/C28H26N2O5/c1-30(25-13-7-6-12-22(25)27(32)33)26(31)23-14-17(23)15-29-28(34)35-16-24-20-10-4-2-8-18(20)19-9-3-5-11-21(19)24/h2-13,17,23-24H,14-16H2,1H3,(H,29,34)(H,32,33).